The highest BCUT2D eigenvalue weighted by molar-refractivity contribution is 7.84. The minimum atomic E-state index is -0.720. The van der Waals surface area contributed by atoms with Crippen LogP contribution in [-0.4, -0.2) is 26.8 Å². The lowest BCUT2D eigenvalue weighted by Gasteiger charge is -2.13. The third-order valence-corrected chi connectivity index (χ3v) is 3.35. The Kier molecular flexibility index (Phi) is 5.05. The molecular weight excluding hydrogens is 208 g/mol. The van der Waals surface area contributed by atoms with Crippen LogP contribution >= 0.6 is 0 Å². The van der Waals surface area contributed by atoms with Crippen molar-refractivity contribution in [2.75, 3.05) is 12.0 Å². The number of nitrogens with zero attached hydrogens (tertiary/aromatic N) is 1. The highest BCUT2D eigenvalue weighted by atomic mass is 32.2. The van der Waals surface area contributed by atoms with Crippen LogP contribution in [0.4, 0.5) is 0 Å². The van der Waals surface area contributed by atoms with E-state index < -0.39 is 10.8 Å². The van der Waals surface area contributed by atoms with Gasteiger partial charge in [-0.2, -0.15) is 0 Å². The van der Waals surface area contributed by atoms with Gasteiger partial charge in [-0.25, -0.2) is 0 Å². The van der Waals surface area contributed by atoms with Crippen molar-refractivity contribution in [2.45, 2.75) is 33.0 Å². The fraction of sp³-hybridized carbons (Fsp3) is 0.636. The zero-order valence-electron chi connectivity index (χ0n) is 9.69. The van der Waals surface area contributed by atoms with Gasteiger partial charge in [0.05, 0.1) is 0 Å². The zero-order valence-corrected chi connectivity index (χ0v) is 10.5. The molecule has 0 spiro atoms. The average molecular weight is 228 g/mol. The van der Waals surface area contributed by atoms with Crippen molar-refractivity contribution in [2.24, 2.45) is 0 Å². The monoisotopic (exact) mass is 228 g/mol. The van der Waals surface area contributed by atoms with Gasteiger partial charge in [-0.3, -0.25) is 4.21 Å². The number of rotatable bonds is 6. The SMILES string of the molecule is CCn1cccc1CNC(C)CS(C)=O. The third kappa shape index (κ3) is 4.18. The second-order valence-corrected chi connectivity index (χ2v) is 5.29. The fourth-order valence-corrected chi connectivity index (χ4v) is 2.43. The second kappa shape index (κ2) is 6.08. The summed E-state index contributed by atoms with van der Waals surface area (Å²) in [6.45, 7) is 6.05. The van der Waals surface area contributed by atoms with Gasteiger partial charge in [-0.15, -0.1) is 0 Å². The molecule has 0 radical (unpaired) electrons. The molecule has 1 aromatic rings. The quantitative estimate of drug-likeness (QED) is 0.798. The molecule has 0 saturated heterocycles. The van der Waals surface area contributed by atoms with Crippen LogP contribution in [-0.2, 0) is 23.9 Å². The molecule has 86 valence electrons. The molecule has 0 bridgehead atoms. The zero-order chi connectivity index (χ0) is 11.3. The number of nitrogens with one attached hydrogen (secondary N) is 1. The van der Waals surface area contributed by atoms with Crippen molar-refractivity contribution in [3.05, 3.63) is 24.0 Å². The molecule has 3 nitrogen and oxygen atoms in total. The van der Waals surface area contributed by atoms with E-state index in [4.69, 9.17) is 0 Å². The number of hydrogen-bond acceptors (Lipinski definition) is 2. The summed E-state index contributed by atoms with van der Waals surface area (Å²) in [6, 6.07) is 4.48. The lowest BCUT2D eigenvalue weighted by Crippen LogP contribution is -2.31. The Labute approximate surface area is 94.3 Å². The lowest BCUT2D eigenvalue weighted by molar-refractivity contribution is 0.561. The lowest BCUT2D eigenvalue weighted by atomic mass is 10.3. The van der Waals surface area contributed by atoms with Crippen LogP contribution < -0.4 is 5.32 Å². The molecule has 4 heteroatoms. The van der Waals surface area contributed by atoms with E-state index in [0.29, 0.717) is 11.8 Å². The van der Waals surface area contributed by atoms with Crippen LogP contribution in [0.15, 0.2) is 18.3 Å². The maximum absolute atomic E-state index is 11.0. The summed E-state index contributed by atoms with van der Waals surface area (Å²) >= 11 is 0. The van der Waals surface area contributed by atoms with Crippen LogP contribution in [0, 0.1) is 0 Å². The first kappa shape index (κ1) is 12.5. The third-order valence-electron chi connectivity index (χ3n) is 2.38. The molecule has 0 aliphatic carbocycles. The average Bonchev–Trinajstić information content (AvgIpc) is 2.60. The molecule has 1 heterocycles. The predicted octanol–water partition coefficient (Wildman–Crippen LogP) is 1.36. The summed E-state index contributed by atoms with van der Waals surface area (Å²) in [7, 11) is -0.720. The van der Waals surface area contributed by atoms with E-state index in [0.717, 1.165) is 13.1 Å². The van der Waals surface area contributed by atoms with E-state index >= 15 is 0 Å². The summed E-state index contributed by atoms with van der Waals surface area (Å²) in [4.78, 5) is 0. The van der Waals surface area contributed by atoms with Crippen LogP contribution in [0.5, 0.6) is 0 Å². The molecule has 2 atom stereocenters. The molecule has 2 unspecified atom stereocenters. The van der Waals surface area contributed by atoms with Crippen molar-refractivity contribution in [3.63, 3.8) is 0 Å². The molecule has 0 saturated carbocycles. The van der Waals surface area contributed by atoms with E-state index in [1.807, 2.05) is 0 Å². The van der Waals surface area contributed by atoms with Crippen molar-refractivity contribution in [1.29, 1.82) is 0 Å². The molecular formula is C11H20N2OS. The number of hydrogen-bond donors (Lipinski definition) is 1. The maximum Gasteiger partial charge on any atom is 0.0383 e. The molecule has 0 aromatic carbocycles. The summed E-state index contributed by atoms with van der Waals surface area (Å²) in [5, 5.41) is 3.38. The van der Waals surface area contributed by atoms with Crippen molar-refractivity contribution < 1.29 is 4.21 Å². The van der Waals surface area contributed by atoms with Gasteiger partial charge >= 0.3 is 0 Å². The smallest absolute Gasteiger partial charge is 0.0383 e. The van der Waals surface area contributed by atoms with E-state index in [1.54, 1.807) is 6.26 Å². The van der Waals surface area contributed by atoms with Gasteiger partial charge in [-0.05, 0) is 26.0 Å². The Morgan fingerprint density at radius 1 is 1.60 bits per heavy atom. The van der Waals surface area contributed by atoms with E-state index in [1.165, 1.54) is 5.69 Å². The molecule has 0 aliphatic rings. The van der Waals surface area contributed by atoms with Gasteiger partial charge in [0.25, 0.3) is 0 Å². The highest BCUT2D eigenvalue weighted by Crippen LogP contribution is 2.02. The van der Waals surface area contributed by atoms with E-state index in [-0.39, 0.29) is 0 Å². The van der Waals surface area contributed by atoms with Gasteiger partial charge in [0.1, 0.15) is 0 Å². The van der Waals surface area contributed by atoms with Crippen molar-refractivity contribution >= 4 is 10.8 Å². The first-order chi connectivity index (χ1) is 7.13. The Morgan fingerprint density at radius 3 is 2.93 bits per heavy atom. The van der Waals surface area contributed by atoms with E-state index in [2.05, 4.69) is 42.1 Å². The van der Waals surface area contributed by atoms with Gasteiger partial charge in [0.2, 0.25) is 0 Å². The first-order valence-corrected chi connectivity index (χ1v) is 7.03. The molecule has 1 aromatic heterocycles. The van der Waals surface area contributed by atoms with Crippen LogP contribution in [0.2, 0.25) is 0 Å². The Bertz CT molecular complexity index is 322. The van der Waals surface area contributed by atoms with Crippen molar-refractivity contribution in [3.8, 4) is 0 Å². The van der Waals surface area contributed by atoms with Gasteiger partial charge in [0.15, 0.2) is 0 Å². The first-order valence-electron chi connectivity index (χ1n) is 5.31. The Hall–Kier alpha value is -0.610. The maximum atomic E-state index is 11.0. The van der Waals surface area contributed by atoms with Gasteiger partial charge in [0, 0.05) is 53.8 Å². The Balaban J connectivity index is 2.39. The second-order valence-electron chi connectivity index (χ2n) is 3.81. The molecule has 0 aliphatic heterocycles. The Morgan fingerprint density at radius 2 is 2.33 bits per heavy atom. The molecule has 0 amide bonds. The molecule has 1 N–H and O–H groups in total. The fourth-order valence-electron chi connectivity index (χ4n) is 1.61. The predicted molar refractivity (Wildman–Crippen MR) is 65.3 cm³/mol. The van der Waals surface area contributed by atoms with Crippen molar-refractivity contribution in [1.82, 2.24) is 9.88 Å². The van der Waals surface area contributed by atoms with E-state index in [9.17, 15) is 4.21 Å². The normalized spacial score (nSPS) is 15.1. The molecule has 15 heavy (non-hydrogen) atoms. The summed E-state index contributed by atoms with van der Waals surface area (Å²) in [5.41, 5.74) is 1.28. The van der Waals surface area contributed by atoms with Crippen LogP contribution in [0.1, 0.15) is 19.5 Å². The van der Waals surface area contributed by atoms with Gasteiger partial charge in [-0.1, -0.05) is 0 Å². The minimum absolute atomic E-state index is 0.302. The van der Waals surface area contributed by atoms with Crippen LogP contribution in [0.25, 0.3) is 0 Å². The highest BCUT2D eigenvalue weighted by Gasteiger charge is 2.05. The molecule has 1 rings (SSSR count). The van der Waals surface area contributed by atoms with Crippen LogP contribution in [0.3, 0.4) is 0 Å². The molecule has 0 fully saturated rings. The minimum Gasteiger partial charge on any atom is -0.351 e. The summed E-state index contributed by atoms with van der Waals surface area (Å²) in [5.74, 6) is 0.715. The summed E-state index contributed by atoms with van der Waals surface area (Å²) in [6.07, 6.45) is 3.83. The summed E-state index contributed by atoms with van der Waals surface area (Å²) < 4.78 is 13.2. The number of aromatic nitrogens is 1. The number of aryl methyl sites for hydroxylation is 1. The van der Waals surface area contributed by atoms with Gasteiger partial charge < -0.3 is 9.88 Å². The largest absolute Gasteiger partial charge is 0.351 e. The standard InChI is InChI=1S/C11H20N2OS/c1-4-13-7-5-6-11(13)8-12-10(2)9-15(3)14/h5-7,10,12H,4,8-9H2,1-3H3. The topological polar surface area (TPSA) is 34.0 Å².